The molecule has 2 aromatic heterocycles. The standard InChI is InChI=1S/C14H10N2O/c1-11(17)13-6-4-10-16-14(13)8-7-12-5-2-3-9-15-12/h2-6,9-10H,1H3. The fourth-order valence-corrected chi connectivity index (χ4v) is 1.35. The van der Waals surface area contributed by atoms with Gasteiger partial charge in [-0.25, -0.2) is 9.97 Å². The number of ketones is 1. The lowest BCUT2D eigenvalue weighted by Gasteiger charge is -1.97. The van der Waals surface area contributed by atoms with Crippen LogP contribution in [0.15, 0.2) is 42.7 Å². The average molecular weight is 222 g/mol. The van der Waals surface area contributed by atoms with E-state index in [1.807, 2.05) is 18.2 Å². The summed E-state index contributed by atoms with van der Waals surface area (Å²) in [7, 11) is 0. The van der Waals surface area contributed by atoms with Gasteiger partial charge in [-0.1, -0.05) is 6.07 Å². The van der Waals surface area contributed by atoms with Gasteiger partial charge in [0.1, 0.15) is 11.4 Å². The van der Waals surface area contributed by atoms with E-state index in [4.69, 9.17) is 0 Å². The van der Waals surface area contributed by atoms with E-state index >= 15 is 0 Å². The zero-order valence-corrected chi connectivity index (χ0v) is 9.34. The van der Waals surface area contributed by atoms with Crippen LogP contribution in [0.1, 0.15) is 28.7 Å². The quantitative estimate of drug-likeness (QED) is 0.548. The third-order valence-electron chi connectivity index (χ3n) is 2.16. The minimum Gasteiger partial charge on any atom is -0.294 e. The van der Waals surface area contributed by atoms with Gasteiger partial charge in [0.25, 0.3) is 0 Å². The van der Waals surface area contributed by atoms with Crippen molar-refractivity contribution in [3.05, 3.63) is 59.7 Å². The lowest BCUT2D eigenvalue weighted by molar-refractivity contribution is 0.101. The zero-order valence-electron chi connectivity index (χ0n) is 9.34. The molecule has 0 atom stereocenters. The highest BCUT2D eigenvalue weighted by Crippen LogP contribution is 2.04. The Kier molecular flexibility index (Phi) is 3.27. The number of hydrogen-bond donors (Lipinski definition) is 0. The van der Waals surface area contributed by atoms with Crippen molar-refractivity contribution in [2.45, 2.75) is 6.92 Å². The monoisotopic (exact) mass is 222 g/mol. The minimum absolute atomic E-state index is 0.0385. The van der Waals surface area contributed by atoms with Crippen LogP contribution in [0.2, 0.25) is 0 Å². The minimum atomic E-state index is -0.0385. The fourth-order valence-electron chi connectivity index (χ4n) is 1.35. The van der Waals surface area contributed by atoms with Crippen LogP contribution < -0.4 is 0 Å². The molecule has 0 unspecified atom stereocenters. The van der Waals surface area contributed by atoms with Crippen molar-refractivity contribution in [2.24, 2.45) is 0 Å². The maximum absolute atomic E-state index is 11.4. The Morgan fingerprint density at radius 2 is 1.88 bits per heavy atom. The van der Waals surface area contributed by atoms with Crippen molar-refractivity contribution in [1.29, 1.82) is 0 Å². The zero-order chi connectivity index (χ0) is 12.1. The number of pyridine rings is 2. The van der Waals surface area contributed by atoms with E-state index in [1.54, 1.807) is 24.5 Å². The molecule has 2 heterocycles. The van der Waals surface area contributed by atoms with Crippen LogP contribution in [-0.4, -0.2) is 15.8 Å². The molecule has 0 saturated heterocycles. The molecule has 0 saturated carbocycles. The normalized spacial score (nSPS) is 9.24. The Bertz CT molecular complexity index is 594. The Hall–Kier alpha value is -2.47. The molecule has 0 spiro atoms. The first-order valence-electron chi connectivity index (χ1n) is 5.16. The highest BCUT2D eigenvalue weighted by Gasteiger charge is 2.04. The molecule has 2 rings (SSSR count). The van der Waals surface area contributed by atoms with Crippen LogP contribution >= 0.6 is 0 Å². The number of carbonyl (C=O) groups excluding carboxylic acids is 1. The Morgan fingerprint density at radius 1 is 1.06 bits per heavy atom. The van der Waals surface area contributed by atoms with Crippen molar-refractivity contribution < 1.29 is 4.79 Å². The van der Waals surface area contributed by atoms with Gasteiger partial charge in [-0.15, -0.1) is 0 Å². The SMILES string of the molecule is CC(=O)c1cccnc1C#Cc1ccccn1. The van der Waals surface area contributed by atoms with Crippen LogP contribution in [0.3, 0.4) is 0 Å². The van der Waals surface area contributed by atoms with Gasteiger partial charge in [-0.05, 0) is 43.0 Å². The van der Waals surface area contributed by atoms with Crippen LogP contribution in [0.25, 0.3) is 0 Å². The van der Waals surface area contributed by atoms with Crippen molar-refractivity contribution in [3.8, 4) is 11.8 Å². The second-order valence-corrected chi connectivity index (χ2v) is 3.42. The second-order valence-electron chi connectivity index (χ2n) is 3.42. The molecule has 0 aliphatic rings. The lowest BCUT2D eigenvalue weighted by atomic mass is 10.1. The van der Waals surface area contributed by atoms with Gasteiger partial charge in [0.15, 0.2) is 5.78 Å². The number of nitrogens with zero attached hydrogens (tertiary/aromatic N) is 2. The number of rotatable bonds is 1. The number of hydrogen-bond acceptors (Lipinski definition) is 3. The van der Waals surface area contributed by atoms with Crippen molar-refractivity contribution in [3.63, 3.8) is 0 Å². The highest BCUT2D eigenvalue weighted by molar-refractivity contribution is 5.96. The predicted molar refractivity (Wildman–Crippen MR) is 64.5 cm³/mol. The van der Waals surface area contributed by atoms with Crippen molar-refractivity contribution in [2.75, 3.05) is 0 Å². The summed E-state index contributed by atoms with van der Waals surface area (Å²) in [6.45, 7) is 1.50. The van der Waals surface area contributed by atoms with Crippen LogP contribution in [0, 0.1) is 11.8 Å². The van der Waals surface area contributed by atoms with Crippen molar-refractivity contribution in [1.82, 2.24) is 9.97 Å². The van der Waals surface area contributed by atoms with E-state index in [9.17, 15) is 4.79 Å². The molecule has 3 heteroatoms. The van der Waals surface area contributed by atoms with E-state index < -0.39 is 0 Å². The fraction of sp³-hybridized carbons (Fsp3) is 0.0714. The molecule has 3 nitrogen and oxygen atoms in total. The lowest BCUT2D eigenvalue weighted by Crippen LogP contribution is -1.98. The summed E-state index contributed by atoms with van der Waals surface area (Å²) in [4.78, 5) is 19.5. The van der Waals surface area contributed by atoms with E-state index in [0.29, 0.717) is 17.0 Å². The predicted octanol–water partition coefficient (Wildman–Crippen LogP) is 2.08. The van der Waals surface area contributed by atoms with Gasteiger partial charge in [0.2, 0.25) is 0 Å². The Morgan fingerprint density at radius 3 is 2.59 bits per heavy atom. The molecule has 0 aliphatic carbocycles. The van der Waals surface area contributed by atoms with Gasteiger partial charge < -0.3 is 0 Å². The summed E-state index contributed by atoms with van der Waals surface area (Å²) >= 11 is 0. The maximum Gasteiger partial charge on any atom is 0.162 e. The summed E-state index contributed by atoms with van der Waals surface area (Å²) in [5.74, 6) is 5.71. The molecule has 0 fully saturated rings. The van der Waals surface area contributed by atoms with E-state index in [1.165, 1.54) is 6.92 Å². The molecule has 0 N–H and O–H groups in total. The van der Waals surface area contributed by atoms with Gasteiger partial charge in [0, 0.05) is 12.4 Å². The molecule has 0 radical (unpaired) electrons. The third kappa shape index (κ3) is 2.76. The molecular weight excluding hydrogens is 212 g/mol. The molecule has 0 amide bonds. The Balaban J connectivity index is 2.38. The van der Waals surface area contributed by atoms with Crippen LogP contribution in [-0.2, 0) is 0 Å². The molecule has 82 valence electrons. The summed E-state index contributed by atoms with van der Waals surface area (Å²) < 4.78 is 0. The van der Waals surface area contributed by atoms with Gasteiger partial charge in [0.05, 0.1) is 5.56 Å². The first kappa shape index (κ1) is 11.0. The molecule has 0 bridgehead atoms. The van der Waals surface area contributed by atoms with Crippen LogP contribution in [0.5, 0.6) is 0 Å². The summed E-state index contributed by atoms with van der Waals surface area (Å²) in [6.07, 6.45) is 3.29. The molecule has 17 heavy (non-hydrogen) atoms. The summed E-state index contributed by atoms with van der Waals surface area (Å²) in [5, 5.41) is 0. The average Bonchev–Trinajstić information content (AvgIpc) is 2.38. The smallest absolute Gasteiger partial charge is 0.162 e. The number of Topliss-reactive ketones (excluding diaryl/α,β-unsaturated/α-hetero) is 1. The molecule has 0 aromatic carbocycles. The molecule has 2 aromatic rings. The molecule has 0 aliphatic heterocycles. The first-order valence-corrected chi connectivity index (χ1v) is 5.16. The van der Waals surface area contributed by atoms with Crippen LogP contribution in [0.4, 0.5) is 0 Å². The molecular formula is C14H10N2O. The van der Waals surface area contributed by atoms with Crippen molar-refractivity contribution >= 4 is 5.78 Å². The number of aromatic nitrogens is 2. The van der Waals surface area contributed by atoms with E-state index in [0.717, 1.165) is 0 Å². The maximum atomic E-state index is 11.4. The topological polar surface area (TPSA) is 42.9 Å². The third-order valence-corrected chi connectivity index (χ3v) is 2.16. The summed E-state index contributed by atoms with van der Waals surface area (Å²) in [5.41, 5.74) is 1.69. The summed E-state index contributed by atoms with van der Waals surface area (Å²) in [6, 6.07) is 8.94. The Labute approximate surface area is 99.5 Å². The van der Waals surface area contributed by atoms with E-state index in [2.05, 4.69) is 21.8 Å². The van der Waals surface area contributed by atoms with Gasteiger partial charge in [-0.2, -0.15) is 0 Å². The second kappa shape index (κ2) is 5.04. The largest absolute Gasteiger partial charge is 0.294 e. The van der Waals surface area contributed by atoms with E-state index in [-0.39, 0.29) is 5.78 Å². The van der Waals surface area contributed by atoms with Gasteiger partial charge >= 0.3 is 0 Å². The first-order chi connectivity index (χ1) is 8.27. The highest BCUT2D eigenvalue weighted by atomic mass is 16.1. The van der Waals surface area contributed by atoms with Gasteiger partial charge in [-0.3, -0.25) is 4.79 Å². The number of carbonyl (C=O) groups is 1.